The minimum Gasteiger partial charge on any atom is -0.496 e. The highest BCUT2D eigenvalue weighted by atomic mass is 19.1. The highest BCUT2D eigenvalue weighted by molar-refractivity contribution is 6.08. The standard InChI is InChI=1S/C27H29FN2O4/c1-29(16-18-10-12-25(34-3)23(28)15-18)26(31)19-7-6-14-30(17-19)27(32)22-11-13-24(33-2)21-9-5-4-8-20(21)22/h4-5,8-13,15,19H,6-7,14,16-17H2,1-3H3. The number of hydrogen-bond acceptors (Lipinski definition) is 4. The van der Waals surface area contributed by atoms with Crippen molar-refractivity contribution in [1.29, 1.82) is 0 Å². The Morgan fingerprint density at radius 2 is 1.74 bits per heavy atom. The van der Waals surface area contributed by atoms with Crippen molar-refractivity contribution in [2.45, 2.75) is 19.4 Å². The van der Waals surface area contributed by atoms with Crippen LogP contribution in [0.2, 0.25) is 0 Å². The lowest BCUT2D eigenvalue weighted by molar-refractivity contribution is -0.136. The van der Waals surface area contributed by atoms with Gasteiger partial charge in [-0.25, -0.2) is 4.39 Å². The van der Waals surface area contributed by atoms with Gasteiger partial charge in [-0.05, 0) is 48.1 Å². The van der Waals surface area contributed by atoms with Crippen molar-refractivity contribution in [1.82, 2.24) is 9.80 Å². The van der Waals surface area contributed by atoms with Crippen LogP contribution in [0.15, 0.2) is 54.6 Å². The molecule has 0 spiro atoms. The number of piperidine rings is 1. The van der Waals surface area contributed by atoms with Crippen molar-refractivity contribution in [2.24, 2.45) is 5.92 Å². The number of likely N-dealkylation sites (tertiary alicyclic amines) is 1. The summed E-state index contributed by atoms with van der Waals surface area (Å²) in [6, 6.07) is 16.0. The van der Waals surface area contributed by atoms with Crippen molar-refractivity contribution in [3.8, 4) is 11.5 Å². The molecule has 34 heavy (non-hydrogen) atoms. The minimum atomic E-state index is -0.456. The molecule has 3 aromatic rings. The lowest BCUT2D eigenvalue weighted by Gasteiger charge is -2.34. The van der Waals surface area contributed by atoms with Crippen molar-refractivity contribution in [2.75, 3.05) is 34.4 Å². The first kappa shape index (κ1) is 23.5. The van der Waals surface area contributed by atoms with Crippen molar-refractivity contribution >= 4 is 22.6 Å². The van der Waals surface area contributed by atoms with Gasteiger partial charge in [0.1, 0.15) is 5.75 Å². The summed E-state index contributed by atoms with van der Waals surface area (Å²) in [7, 11) is 4.74. The van der Waals surface area contributed by atoms with Gasteiger partial charge in [0.15, 0.2) is 11.6 Å². The van der Waals surface area contributed by atoms with Crippen molar-refractivity contribution in [3.05, 3.63) is 71.5 Å². The average Bonchev–Trinajstić information content (AvgIpc) is 2.87. The van der Waals surface area contributed by atoms with E-state index in [-0.39, 0.29) is 30.0 Å². The number of carbonyl (C=O) groups is 2. The lowest BCUT2D eigenvalue weighted by Crippen LogP contribution is -2.45. The molecule has 0 aromatic heterocycles. The molecule has 1 fully saturated rings. The summed E-state index contributed by atoms with van der Waals surface area (Å²) in [6.45, 7) is 1.25. The van der Waals surface area contributed by atoms with Crippen LogP contribution in [0.4, 0.5) is 4.39 Å². The average molecular weight is 465 g/mol. The monoisotopic (exact) mass is 464 g/mol. The zero-order chi connectivity index (χ0) is 24.2. The van der Waals surface area contributed by atoms with Gasteiger partial charge in [0.2, 0.25) is 5.91 Å². The fourth-order valence-corrected chi connectivity index (χ4v) is 4.64. The number of fused-ring (bicyclic) bond motifs is 1. The molecule has 0 N–H and O–H groups in total. The molecular formula is C27H29FN2O4. The van der Waals surface area contributed by atoms with Gasteiger partial charge in [0, 0.05) is 37.6 Å². The summed E-state index contributed by atoms with van der Waals surface area (Å²) in [6.07, 6.45) is 1.47. The van der Waals surface area contributed by atoms with Crippen LogP contribution in [0.5, 0.6) is 11.5 Å². The van der Waals surface area contributed by atoms with Crippen LogP contribution in [0.3, 0.4) is 0 Å². The molecule has 1 aliphatic rings. The van der Waals surface area contributed by atoms with Gasteiger partial charge in [-0.15, -0.1) is 0 Å². The van der Waals surface area contributed by atoms with Crippen LogP contribution in [-0.2, 0) is 11.3 Å². The molecule has 3 aromatic carbocycles. The summed E-state index contributed by atoms with van der Waals surface area (Å²) in [5, 5.41) is 1.71. The molecule has 178 valence electrons. The maximum Gasteiger partial charge on any atom is 0.254 e. The fourth-order valence-electron chi connectivity index (χ4n) is 4.64. The number of carbonyl (C=O) groups excluding carboxylic acids is 2. The van der Waals surface area contributed by atoms with E-state index < -0.39 is 5.82 Å². The van der Waals surface area contributed by atoms with E-state index in [1.165, 1.54) is 13.2 Å². The van der Waals surface area contributed by atoms with E-state index in [1.807, 2.05) is 30.3 Å². The smallest absolute Gasteiger partial charge is 0.254 e. The van der Waals surface area contributed by atoms with Crippen LogP contribution in [0.1, 0.15) is 28.8 Å². The molecule has 0 aliphatic carbocycles. The molecule has 0 radical (unpaired) electrons. The Hall–Kier alpha value is -3.61. The topological polar surface area (TPSA) is 59.1 Å². The number of nitrogens with zero attached hydrogens (tertiary/aromatic N) is 2. The summed E-state index contributed by atoms with van der Waals surface area (Å²) < 4.78 is 24.4. The summed E-state index contributed by atoms with van der Waals surface area (Å²) in [4.78, 5) is 30.0. The Labute approximate surface area is 198 Å². The Morgan fingerprint density at radius 1 is 1.03 bits per heavy atom. The molecule has 6 nitrogen and oxygen atoms in total. The number of halogens is 1. The van der Waals surface area contributed by atoms with Gasteiger partial charge in [0.25, 0.3) is 5.91 Å². The van der Waals surface area contributed by atoms with Crippen LogP contribution >= 0.6 is 0 Å². The highest BCUT2D eigenvalue weighted by Crippen LogP contribution is 2.30. The van der Waals surface area contributed by atoms with Gasteiger partial charge in [0.05, 0.1) is 20.1 Å². The first-order valence-electron chi connectivity index (χ1n) is 11.3. The Morgan fingerprint density at radius 3 is 2.44 bits per heavy atom. The number of rotatable bonds is 6. The molecule has 1 atom stereocenters. The van der Waals surface area contributed by atoms with E-state index in [9.17, 15) is 14.0 Å². The summed E-state index contributed by atoms with van der Waals surface area (Å²) in [5.41, 5.74) is 1.29. The third-order valence-corrected chi connectivity index (χ3v) is 6.40. The van der Waals surface area contributed by atoms with Gasteiger partial charge in [-0.1, -0.05) is 30.3 Å². The van der Waals surface area contributed by atoms with Crippen LogP contribution < -0.4 is 9.47 Å². The normalized spacial score (nSPS) is 15.8. The fraction of sp³-hybridized carbons (Fsp3) is 0.333. The molecule has 1 aliphatic heterocycles. The van der Waals surface area contributed by atoms with E-state index in [0.29, 0.717) is 30.6 Å². The number of benzene rings is 3. The molecule has 0 saturated carbocycles. The molecule has 1 unspecified atom stereocenters. The van der Waals surface area contributed by atoms with Crippen molar-refractivity contribution in [3.63, 3.8) is 0 Å². The molecule has 4 rings (SSSR count). The van der Waals surface area contributed by atoms with Gasteiger partial charge < -0.3 is 19.3 Å². The van der Waals surface area contributed by atoms with Crippen LogP contribution in [0.25, 0.3) is 10.8 Å². The second-order valence-electron chi connectivity index (χ2n) is 8.61. The molecule has 1 saturated heterocycles. The van der Waals surface area contributed by atoms with E-state index in [1.54, 1.807) is 42.2 Å². The number of amides is 2. The Bertz CT molecular complexity index is 1210. The predicted molar refractivity (Wildman–Crippen MR) is 129 cm³/mol. The number of methoxy groups -OCH3 is 2. The van der Waals surface area contributed by atoms with E-state index in [2.05, 4.69) is 0 Å². The van der Waals surface area contributed by atoms with Crippen molar-refractivity contribution < 1.29 is 23.5 Å². The first-order valence-corrected chi connectivity index (χ1v) is 11.3. The van der Waals surface area contributed by atoms with Gasteiger partial charge in [-0.3, -0.25) is 9.59 Å². The maximum absolute atomic E-state index is 14.0. The zero-order valence-corrected chi connectivity index (χ0v) is 19.7. The van der Waals surface area contributed by atoms with Gasteiger partial charge >= 0.3 is 0 Å². The third-order valence-electron chi connectivity index (χ3n) is 6.40. The first-order chi connectivity index (χ1) is 16.4. The molecule has 7 heteroatoms. The maximum atomic E-state index is 14.0. The largest absolute Gasteiger partial charge is 0.496 e. The zero-order valence-electron chi connectivity index (χ0n) is 19.7. The van der Waals surface area contributed by atoms with Crippen LogP contribution in [-0.4, -0.2) is 56.0 Å². The quantitative estimate of drug-likeness (QED) is 0.539. The molecule has 1 heterocycles. The molecular weight excluding hydrogens is 435 g/mol. The second kappa shape index (κ2) is 10.1. The Kier molecular flexibility index (Phi) is 7.01. The second-order valence-corrected chi connectivity index (χ2v) is 8.61. The van der Waals surface area contributed by atoms with E-state index in [4.69, 9.17) is 9.47 Å². The number of ether oxygens (including phenoxy) is 2. The van der Waals surface area contributed by atoms with E-state index in [0.717, 1.165) is 22.9 Å². The Balaban J connectivity index is 1.48. The minimum absolute atomic E-state index is 0.0479. The number of hydrogen-bond donors (Lipinski definition) is 0. The molecule has 2 amide bonds. The molecule has 0 bridgehead atoms. The van der Waals surface area contributed by atoms with E-state index >= 15 is 0 Å². The lowest BCUT2D eigenvalue weighted by atomic mass is 9.95. The SMILES string of the molecule is COc1ccc(CN(C)C(=O)C2CCCN(C(=O)c3ccc(OC)c4ccccc34)C2)cc1F. The highest BCUT2D eigenvalue weighted by Gasteiger charge is 2.31. The third kappa shape index (κ3) is 4.69. The predicted octanol–water partition coefficient (Wildman–Crippen LogP) is 4.51. The summed E-state index contributed by atoms with van der Waals surface area (Å²) in [5.74, 6) is 0.00234. The van der Waals surface area contributed by atoms with Crippen LogP contribution in [0, 0.1) is 11.7 Å². The summed E-state index contributed by atoms with van der Waals surface area (Å²) >= 11 is 0. The van der Waals surface area contributed by atoms with Gasteiger partial charge in [-0.2, -0.15) is 0 Å².